The van der Waals surface area contributed by atoms with Crippen molar-refractivity contribution in [3.63, 3.8) is 0 Å². The van der Waals surface area contributed by atoms with Gasteiger partial charge in [-0.15, -0.1) is 0 Å². The number of carbonyl (C=O) groups is 1. The van der Waals surface area contributed by atoms with E-state index in [9.17, 15) is 19.3 Å². The average molecular weight is 330 g/mol. The Kier molecular flexibility index (Phi) is 6.01. The zero-order chi connectivity index (χ0) is 17.4. The van der Waals surface area contributed by atoms with E-state index in [0.29, 0.717) is 5.56 Å². The van der Waals surface area contributed by atoms with Gasteiger partial charge in [-0.1, -0.05) is 12.1 Å². The number of amides is 1. The van der Waals surface area contributed by atoms with Crippen LogP contribution in [0.25, 0.3) is 6.08 Å². The second-order valence-electron chi connectivity index (χ2n) is 4.75. The minimum Gasteiger partial charge on any atom is -0.489 e. The molecule has 1 amide bonds. The fourth-order valence-electron chi connectivity index (χ4n) is 1.83. The molecule has 2 rings (SSSR count). The summed E-state index contributed by atoms with van der Waals surface area (Å²) in [6.07, 6.45) is 2.85. The SMILES string of the molecule is O=C(/C=C/c1ccc([N+](=O)[O-])cc1)NCCOc1ccccc1F. The van der Waals surface area contributed by atoms with E-state index >= 15 is 0 Å². The van der Waals surface area contributed by atoms with E-state index in [4.69, 9.17) is 4.74 Å². The maximum absolute atomic E-state index is 13.3. The van der Waals surface area contributed by atoms with E-state index in [-0.39, 0.29) is 30.5 Å². The van der Waals surface area contributed by atoms with Crippen molar-refractivity contribution in [2.24, 2.45) is 0 Å². The van der Waals surface area contributed by atoms with E-state index < -0.39 is 10.7 Å². The van der Waals surface area contributed by atoms with Gasteiger partial charge in [0.05, 0.1) is 11.5 Å². The molecule has 7 heteroatoms. The van der Waals surface area contributed by atoms with Crippen LogP contribution < -0.4 is 10.1 Å². The van der Waals surface area contributed by atoms with Crippen LogP contribution >= 0.6 is 0 Å². The average Bonchev–Trinajstić information content (AvgIpc) is 2.58. The van der Waals surface area contributed by atoms with Gasteiger partial charge in [-0.3, -0.25) is 14.9 Å². The molecule has 2 aromatic rings. The second-order valence-corrected chi connectivity index (χ2v) is 4.75. The van der Waals surface area contributed by atoms with Crippen LogP contribution in [-0.2, 0) is 4.79 Å². The minimum atomic E-state index is -0.490. The maximum atomic E-state index is 13.3. The van der Waals surface area contributed by atoms with E-state index in [1.807, 2.05) is 0 Å². The number of benzene rings is 2. The van der Waals surface area contributed by atoms with E-state index in [0.717, 1.165) is 0 Å². The molecule has 0 aliphatic carbocycles. The lowest BCUT2D eigenvalue weighted by Crippen LogP contribution is -2.26. The quantitative estimate of drug-likeness (QED) is 0.366. The molecule has 0 saturated heterocycles. The molecule has 0 saturated carbocycles. The molecule has 0 aliphatic rings. The number of nitrogens with one attached hydrogen (secondary N) is 1. The third kappa shape index (κ3) is 5.20. The Morgan fingerprint density at radius 3 is 2.58 bits per heavy atom. The van der Waals surface area contributed by atoms with Crippen molar-refractivity contribution in [2.75, 3.05) is 13.2 Å². The van der Waals surface area contributed by atoms with E-state index in [2.05, 4.69) is 5.32 Å². The molecule has 0 fully saturated rings. The topological polar surface area (TPSA) is 81.5 Å². The Morgan fingerprint density at radius 1 is 1.21 bits per heavy atom. The highest BCUT2D eigenvalue weighted by atomic mass is 19.1. The Balaban J connectivity index is 1.74. The van der Waals surface area contributed by atoms with Gasteiger partial charge in [-0.2, -0.15) is 0 Å². The lowest BCUT2D eigenvalue weighted by Gasteiger charge is -2.07. The zero-order valence-electron chi connectivity index (χ0n) is 12.6. The van der Waals surface area contributed by atoms with Crippen LogP contribution in [0, 0.1) is 15.9 Å². The van der Waals surface area contributed by atoms with Crippen LogP contribution in [0.5, 0.6) is 5.75 Å². The number of nitrogens with zero attached hydrogens (tertiary/aromatic N) is 1. The Bertz CT molecular complexity index is 745. The van der Waals surface area contributed by atoms with Gasteiger partial charge in [-0.25, -0.2) is 4.39 Å². The fraction of sp³-hybridized carbons (Fsp3) is 0.118. The number of rotatable bonds is 7. The number of ether oxygens (including phenoxy) is 1. The Hall–Kier alpha value is -3.22. The normalized spacial score (nSPS) is 10.5. The third-order valence-electron chi connectivity index (χ3n) is 3.03. The minimum absolute atomic E-state index is 0.0121. The lowest BCUT2D eigenvalue weighted by atomic mass is 10.2. The van der Waals surface area contributed by atoms with Crippen LogP contribution in [-0.4, -0.2) is 24.0 Å². The number of nitro benzene ring substituents is 1. The molecule has 0 unspecified atom stereocenters. The zero-order valence-corrected chi connectivity index (χ0v) is 12.6. The summed E-state index contributed by atoms with van der Waals surface area (Å²) >= 11 is 0. The van der Waals surface area contributed by atoms with Crippen LogP contribution in [0.15, 0.2) is 54.6 Å². The molecule has 0 atom stereocenters. The summed E-state index contributed by atoms with van der Waals surface area (Å²) in [6, 6.07) is 11.8. The van der Waals surface area contributed by atoms with Gasteiger partial charge in [0.15, 0.2) is 11.6 Å². The summed E-state index contributed by atoms with van der Waals surface area (Å²) in [5.41, 5.74) is 0.653. The highest BCUT2D eigenvalue weighted by molar-refractivity contribution is 5.91. The van der Waals surface area contributed by atoms with Crippen molar-refractivity contribution in [3.8, 4) is 5.75 Å². The number of para-hydroxylation sites is 1. The highest BCUT2D eigenvalue weighted by Crippen LogP contribution is 2.15. The third-order valence-corrected chi connectivity index (χ3v) is 3.03. The molecule has 124 valence electrons. The van der Waals surface area contributed by atoms with Crippen molar-refractivity contribution in [3.05, 3.63) is 76.1 Å². The monoisotopic (exact) mass is 330 g/mol. The smallest absolute Gasteiger partial charge is 0.269 e. The lowest BCUT2D eigenvalue weighted by molar-refractivity contribution is -0.384. The molecule has 0 bridgehead atoms. The first-order valence-electron chi connectivity index (χ1n) is 7.14. The molecule has 24 heavy (non-hydrogen) atoms. The molecular formula is C17H15FN2O4. The number of non-ortho nitro benzene ring substituents is 1. The van der Waals surface area contributed by atoms with Crippen molar-refractivity contribution in [2.45, 2.75) is 0 Å². The molecule has 0 aliphatic heterocycles. The van der Waals surface area contributed by atoms with Crippen molar-refractivity contribution >= 4 is 17.7 Å². The van der Waals surface area contributed by atoms with Crippen molar-refractivity contribution < 1.29 is 18.8 Å². The summed E-state index contributed by atoms with van der Waals surface area (Å²) in [6.45, 7) is 0.357. The first-order valence-corrected chi connectivity index (χ1v) is 7.14. The van der Waals surface area contributed by atoms with Crippen LogP contribution in [0.1, 0.15) is 5.56 Å². The Labute approximate surface area is 137 Å². The van der Waals surface area contributed by atoms with E-state index in [1.165, 1.54) is 36.4 Å². The van der Waals surface area contributed by atoms with Crippen LogP contribution in [0.2, 0.25) is 0 Å². The highest BCUT2D eigenvalue weighted by Gasteiger charge is 2.03. The largest absolute Gasteiger partial charge is 0.489 e. The summed E-state index contributed by atoms with van der Waals surface area (Å²) in [7, 11) is 0. The predicted molar refractivity (Wildman–Crippen MR) is 87.0 cm³/mol. The van der Waals surface area contributed by atoms with Crippen LogP contribution in [0.3, 0.4) is 0 Å². The van der Waals surface area contributed by atoms with Gasteiger partial charge in [0.25, 0.3) is 5.69 Å². The standard InChI is InChI=1S/C17H15FN2O4/c18-15-3-1-2-4-16(15)24-12-11-19-17(21)10-7-13-5-8-14(9-6-13)20(22)23/h1-10H,11-12H2,(H,19,21)/b10-7+. The molecule has 2 aromatic carbocycles. The van der Waals surface area contributed by atoms with Gasteiger partial charge in [0.2, 0.25) is 5.91 Å². The molecule has 0 spiro atoms. The number of nitro groups is 1. The molecular weight excluding hydrogens is 315 g/mol. The van der Waals surface area contributed by atoms with Crippen LogP contribution in [0.4, 0.5) is 10.1 Å². The first-order chi connectivity index (χ1) is 11.6. The predicted octanol–water partition coefficient (Wildman–Crippen LogP) is 2.94. The number of carbonyl (C=O) groups excluding carboxylic acids is 1. The Morgan fingerprint density at radius 2 is 1.92 bits per heavy atom. The summed E-state index contributed by atoms with van der Waals surface area (Å²) in [4.78, 5) is 21.7. The number of hydrogen-bond acceptors (Lipinski definition) is 4. The molecule has 0 heterocycles. The van der Waals surface area contributed by atoms with Gasteiger partial charge in [0.1, 0.15) is 6.61 Å². The molecule has 0 radical (unpaired) electrons. The molecule has 6 nitrogen and oxygen atoms in total. The second kappa shape index (κ2) is 8.42. The first kappa shape index (κ1) is 17.1. The van der Waals surface area contributed by atoms with Gasteiger partial charge in [-0.05, 0) is 35.9 Å². The van der Waals surface area contributed by atoms with Crippen molar-refractivity contribution in [1.29, 1.82) is 0 Å². The summed E-state index contributed by atoms with van der Waals surface area (Å²) in [5.74, 6) is -0.666. The number of halogens is 1. The van der Waals surface area contributed by atoms with Crippen molar-refractivity contribution in [1.82, 2.24) is 5.32 Å². The summed E-state index contributed by atoms with van der Waals surface area (Å²) in [5, 5.41) is 13.1. The number of hydrogen-bond donors (Lipinski definition) is 1. The van der Waals surface area contributed by atoms with Gasteiger partial charge < -0.3 is 10.1 Å². The summed E-state index contributed by atoms with van der Waals surface area (Å²) < 4.78 is 18.5. The van der Waals surface area contributed by atoms with E-state index in [1.54, 1.807) is 24.3 Å². The van der Waals surface area contributed by atoms with Gasteiger partial charge >= 0.3 is 0 Å². The van der Waals surface area contributed by atoms with Gasteiger partial charge in [0, 0.05) is 18.2 Å². The fourth-order valence-corrected chi connectivity index (χ4v) is 1.83. The maximum Gasteiger partial charge on any atom is 0.269 e. The molecule has 1 N–H and O–H groups in total. The molecule has 0 aromatic heterocycles.